The average molecular weight is 272 g/mol. The second kappa shape index (κ2) is 9.13. The van der Waals surface area contributed by atoms with Crippen LogP contribution in [0.15, 0.2) is 12.2 Å². The maximum atomic E-state index is 11.7. The highest BCUT2D eigenvalue weighted by molar-refractivity contribution is 5.95. The van der Waals surface area contributed by atoms with Gasteiger partial charge in [0, 0.05) is 5.57 Å². The third-order valence-corrected chi connectivity index (χ3v) is 2.27. The second-order valence-corrected chi connectivity index (χ2v) is 3.98. The molecule has 0 aromatic heterocycles. The van der Waals surface area contributed by atoms with E-state index in [1.165, 1.54) is 0 Å². The predicted octanol–water partition coefficient (Wildman–Crippen LogP) is 1.54. The number of hydrogen-bond acceptors (Lipinski definition) is 5. The standard InChI is InChI=1S/C13H20O6/c1-4-6-18-11(14)8-10(9(3)12(15)16)13(17)19-7-5-2/h10H,3-8H2,1-2H3,(H,15,16). The summed E-state index contributed by atoms with van der Waals surface area (Å²) in [7, 11) is 0. The van der Waals surface area contributed by atoms with Crippen LogP contribution in [0, 0.1) is 5.92 Å². The third kappa shape index (κ3) is 6.59. The van der Waals surface area contributed by atoms with Crippen LogP contribution < -0.4 is 0 Å². The van der Waals surface area contributed by atoms with Gasteiger partial charge in [-0.3, -0.25) is 9.59 Å². The van der Waals surface area contributed by atoms with E-state index >= 15 is 0 Å². The van der Waals surface area contributed by atoms with Gasteiger partial charge in [0.05, 0.1) is 25.6 Å². The van der Waals surface area contributed by atoms with Gasteiger partial charge in [0.25, 0.3) is 0 Å². The summed E-state index contributed by atoms with van der Waals surface area (Å²) in [5.74, 6) is -3.93. The largest absolute Gasteiger partial charge is 0.478 e. The number of carbonyl (C=O) groups is 3. The molecule has 0 heterocycles. The molecule has 0 radical (unpaired) electrons. The number of hydrogen-bond donors (Lipinski definition) is 1. The van der Waals surface area contributed by atoms with Gasteiger partial charge in [-0.1, -0.05) is 20.4 Å². The van der Waals surface area contributed by atoms with Gasteiger partial charge >= 0.3 is 17.9 Å². The molecule has 0 aliphatic rings. The number of carboxylic acid groups (broad SMARTS) is 1. The first-order valence-electron chi connectivity index (χ1n) is 6.18. The molecule has 6 heteroatoms. The van der Waals surface area contributed by atoms with Crippen molar-refractivity contribution in [2.24, 2.45) is 5.92 Å². The van der Waals surface area contributed by atoms with Crippen LogP contribution in [-0.4, -0.2) is 36.2 Å². The molecule has 0 saturated heterocycles. The molecule has 0 amide bonds. The lowest BCUT2D eigenvalue weighted by atomic mass is 9.97. The number of rotatable bonds is 9. The van der Waals surface area contributed by atoms with Crippen molar-refractivity contribution < 1.29 is 29.0 Å². The van der Waals surface area contributed by atoms with E-state index in [0.717, 1.165) is 0 Å². The molecule has 0 fully saturated rings. The van der Waals surface area contributed by atoms with Crippen molar-refractivity contribution in [2.45, 2.75) is 33.1 Å². The van der Waals surface area contributed by atoms with E-state index in [1.54, 1.807) is 0 Å². The molecule has 1 unspecified atom stereocenters. The lowest BCUT2D eigenvalue weighted by molar-refractivity contribution is -0.155. The topological polar surface area (TPSA) is 89.9 Å². The van der Waals surface area contributed by atoms with E-state index in [0.29, 0.717) is 12.8 Å². The predicted molar refractivity (Wildman–Crippen MR) is 67.4 cm³/mol. The minimum atomic E-state index is -1.33. The second-order valence-electron chi connectivity index (χ2n) is 3.98. The molecular weight excluding hydrogens is 252 g/mol. The first-order chi connectivity index (χ1) is 8.93. The van der Waals surface area contributed by atoms with Crippen LogP contribution in [0.1, 0.15) is 33.1 Å². The fraction of sp³-hybridized carbons (Fsp3) is 0.615. The Morgan fingerprint density at radius 3 is 2.11 bits per heavy atom. The van der Waals surface area contributed by atoms with Crippen molar-refractivity contribution in [1.29, 1.82) is 0 Å². The quantitative estimate of drug-likeness (QED) is 0.506. The van der Waals surface area contributed by atoms with Gasteiger partial charge in [0.1, 0.15) is 0 Å². The minimum Gasteiger partial charge on any atom is -0.478 e. The Hall–Kier alpha value is -1.85. The molecule has 1 atom stereocenters. The number of carboxylic acids is 1. The Labute approximate surface area is 112 Å². The summed E-state index contributed by atoms with van der Waals surface area (Å²) >= 11 is 0. The van der Waals surface area contributed by atoms with Crippen LogP contribution in [-0.2, 0) is 23.9 Å². The SMILES string of the molecule is C=C(C(=O)O)C(CC(=O)OCCC)C(=O)OCCC. The maximum Gasteiger partial charge on any atom is 0.331 e. The Bertz CT molecular complexity index is 347. The summed E-state index contributed by atoms with van der Waals surface area (Å²) in [6.07, 6.45) is 0.891. The van der Waals surface area contributed by atoms with Crippen molar-refractivity contribution in [3.63, 3.8) is 0 Å². The van der Waals surface area contributed by atoms with Crippen molar-refractivity contribution in [2.75, 3.05) is 13.2 Å². The highest BCUT2D eigenvalue weighted by Crippen LogP contribution is 2.17. The summed E-state index contributed by atoms with van der Waals surface area (Å²) in [6.45, 7) is 7.35. The Morgan fingerprint density at radius 1 is 1.11 bits per heavy atom. The van der Waals surface area contributed by atoms with E-state index < -0.39 is 23.8 Å². The van der Waals surface area contributed by atoms with Gasteiger partial charge in [-0.2, -0.15) is 0 Å². The third-order valence-electron chi connectivity index (χ3n) is 2.27. The van der Waals surface area contributed by atoms with Crippen molar-refractivity contribution in [1.82, 2.24) is 0 Å². The molecule has 0 aliphatic heterocycles. The number of carbonyl (C=O) groups excluding carboxylic acids is 2. The first kappa shape index (κ1) is 17.2. The van der Waals surface area contributed by atoms with E-state index in [9.17, 15) is 14.4 Å². The maximum absolute atomic E-state index is 11.7. The first-order valence-corrected chi connectivity index (χ1v) is 6.18. The van der Waals surface area contributed by atoms with E-state index in [4.69, 9.17) is 14.6 Å². The van der Waals surface area contributed by atoms with Gasteiger partial charge in [0.15, 0.2) is 0 Å². The molecule has 0 saturated carbocycles. The zero-order chi connectivity index (χ0) is 14.8. The monoisotopic (exact) mass is 272 g/mol. The van der Waals surface area contributed by atoms with Crippen LogP contribution in [0.3, 0.4) is 0 Å². The molecule has 6 nitrogen and oxygen atoms in total. The normalized spacial score (nSPS) is 11.5. The van der Waals surface area contributed by atoms with Crippen molar-refractivity contribution >= 4 is 17.9 Å². The molecule has 0 aromatic carbocycles. The number of ether oxygens (including phenoxy) is 2. The molecular formula is C13H20O6. The van der Waals surface area contributed by atoms with Crippen LogP contribution in [0.25, 0.3) is 0 Å². The fourth-order valence-electron chi connectivity index (χ4n) is 1.24. The molecule has 19 heavy (non-hydrogen) atoms. The summed E-state index contributed by atoms with van der Waals surface area (Å²) in [6, 6.07) is 0. The molecule has 1 N–H and O–H groups in total. The minimum absolute atomic E-state index is 0.173. The van der Waals surface area contributed by atoms with Crippen LogP contribution in [0.5, 0.6) is 0 Å². The van der Waals surface area contributed by atoms with E-state index in [-0.39, 0.29) is 25.2 Å². The van der Waals surface area contributed by atoms with E-state index in [1.807, 2.05) is 13.8 Å². The Kier molecular flexibility index (Phi) is 8.24. The van der Waals surface area contributed by atoms with Crippen LogP contribution in [0.2, 0.25) is 0 Å². The summed E-state index contributed by atoms with van der Waals surface area (Å²) < 4.78 is 9.68. The van der Waals surface area contributed by atoms with Crippen molar-refractivity contribution in [3.05, 3.63) is 12.2 Å². The van der Waals surface area contributed by atoms with Crippen LogP contribution in [0.4, 0.5) is 0 Å². The van der Waals surface area contributed by atoms with Gasteiger partial charge in [0.2, 0.25) is 0 Å². The molecule has 0 aliphatic carbocycles. The molecule has 0 rings (SSSR count). The Morgan fingerprint density at radius 2 is 1.63 bits per heavy atom. The van der Waals surface area contributed by atoms with Crippen molar-refractivity contribution in [3.8, 4) is 0 Å². The lowest BCUT2D eigenvalue weighted by Gasteiger charge is -2.15. The average Bonchev–Trinajstić information content (AvgIpc) is 2.38. The van der Waals surface area contributed by atoms with Crippen LogP contribution >= 0.6 is 0 Å². The smallest absolute Gasteiger partial charge is 0.331 e. The van der Waals surface area contributed by atoms with E-state index in [2.05, 4.69) is 6.58 Å². The summed E-state index contributed by atoms with van der Waals surface area (Å²) in [5.41, 5.74) is -0.366. The Balaban J connectivity index is 4.67. The van der Waals surface area contributed by atoms with Gasteiger partial charge < -0.3 is 14.6 Å². The van der Waals surface area contributed by atoms with Gasteiger partial charge in [-0.25, -0.2) is 4.79 Å². The lowest BCUT2D eigenvalue weighted by Crippen LogP contribution is -2.27. The number of aliphatic carboxylic acids is 1. The summed E-state index contributed by atoms with van der Waals surface area (Å²) in [4.78, 5) is 34.0. The van der Waals surface area contributed by atoms with Gasteiger partial charge in [-0.15, -0.1) is 0 Å². The highest BCUT2D eigenvalue weighted by atomic mass is 16.5. The molecule has 0 aromatic rings. The highest BCUT2D eigenvalue weighted by Gasteiger charge is 2.30. The molecule has 0 spiro atoms. The van der Waals surface area contributed by atoms with Gasteiger partial charge in [-0.05, 0) is 12.8 Å². The molecule has 0 bridgehead atoms. The number of esters is 2. The zero-order valence-corrected chi connectivity index (χ0v) is 11.3. The zero-order valence-electron chi connectivity index (χ0n) is 11.3. The fourth-order valence-corrected chi connectivity index (χ4v) is 1.24. The molecule has 108 valence electrons. The summed E-state index contributed by atoms with van der Waals surface area (Å²) in [5, 5.41) is 8.86.